The summed E-state index contributed by atoms with van der Waals surface area (Å²) in [5.74, 6) is 0.714. The van der Waals surface area contributed by atoms with Crippen molar-refractivity contribution in [2.75, 3.05) is 5.32 Å². The average molecular weight is 293 g/mol. The van der Waals surface area contributed by atoms with E-state index >= 15 is 0 Å². The fourth-order valence-electron chi connectivity index (χ4n) is 2.46. The van der Waals surface area contributed by atoms with Crippen LogP contribution in [0.25, 0.3) is 16.9 Å². The number of carbonyl (C=O) groups excluding carboxylic acids is 1. The van der Waals surface area contributed by atoms with E-state index in [-0.39, 0.29) is 5.91 Å². The van der Waals surface area contributed by atoms with Crippen molar-refractivity contribution in [2.45, 2.75) is 27.2 Å². The second-order valence-corrected chi connectivity index (χ2v) is 5.46. The van der Waals surface area contributed by atoms with Crippen LogP contribution >= 0.6 is 0 Å². The summed E-state index contributed by atoms with van der Waals surface area (Å²) in [7, 11) is 0. The van der Waals surface area contributed by atoms with E-state index in [1.165, 1.54) is 5.56 Å². The molecule has 0 aliphatic carbocycles. The van der Waals surface area contributed by atoms with E-state index in [4.69, 9.17) is 4.98 Å². The molecule has 2 heterocycles. The summed E-state index contributed by atoms with van der Waals surface area (Å²) in [6.07, 6.45) is 2.37. The van der Waals surface area contributed by atoms with Gasteiger partial charge >= 0.3 is 0 Å². The minimum absolute atomic E-state index is 0.0170. The van der Waals surface area contributed by atoms with Gasteiger partial charge in [0.15, 0.2) is 0 Å². The van der Waals surface area contributed by atoms with Crippen LogP contribution in [0, 0.1) is 13.8 Å². The van der Waals surface area contributed by atoms with E-state index in [2.05, 4.69) is 24.4 Å². The number of nitrogens with zero attached hydrogens (tertiary/aromatic N) is 2. The predicted octanol–water partition coefficient (Wildman–Crippen LogP) is 3.97. The van der Waals surface area contributed by atoms with Crippen molar-refractivity contribution >= 4 is 17.4 Å². The zero-order chi connectivity index (χ0) is 15.7. The minimum atomic E-state index is -0.0170. The number of benzene rings is 1. The Kier molecular flexibility index (Phi) is 3.67. The van der Waals surface area contributed by atoms with Gasteiger partial charge in [-0.2, -0.15) is 0 Å². The third-order valence-corrected chi connectivity index (χ3v) is 3.75. The van der Waals surface area contributed by atoms with Crippen LogP contribution in [0.4, 0.5) is 5.82 Å². The van der Waals surface area contributed by atoms with E-state index in [9.17, 15) is 4.79 Å². The molecule has 0 bridgehead atoms. The number of hydrogen-bond donors (Lipinski definition) is 1. The highest BCUT2D eigenvalue weighted by Gasteiger charge is 2.16. The fourth-order valence-corrected chi connectivity index (χ4v) is 2.46. The Morgan fingerprint density at radius 2 is 1.91 bits per heavy atom. The molecule has 0 aliphatic heterocycles. The number of carbonyl (C=O) groups is 1. The second kappa shape index (κ2) is 5.64. The van der Waals surface area contributed by atoms with Crippen molar-refractivity contribution in [3.63, 3.8) is 0 Å². The highest BCUT2D eigenvalue weighted by molar-refractivity contribution is 5.94. The molecule has 3 aromatic rings. The Balaban J connectivity index is 2.23. The predicted molar refractivity (Wildman–Crippen MR) is 89.0 cm³/mol. The standard InChI is InChI=1S/C18H19N3O/c1-4-15(22)19-18-16(14-9-7-12(2)8-10-14)20-17-13(3)6-5-11-21(17)18/h5-11H,4H2,1-3H3,(H,19,22). The lowest BCUT2D eigenvalue weighted by atomic mass is 10.1. The van der Waals surface area contributed by atoms with Gasteiger partial charge in [-0.25, -0.2) is 4.98 Å². The van der Waals surface area contributed by atoms with Gasteiger partial charge in [0.25, 0.3) is 0 Å². The summed E-state index contributed by atoms with van der Waals surface area (Å²) in [5, 5.41) is 2.99. The number of imidazole rings is 1. The molecule has 1 amide bonds. The van der Waals surface area contributed by atoms with Crippen molar-refractivity contribution in [1.82, 2.24) is 9.38 Å². The van der Waals surface area contributed by atoms with Gasteiger partial charge in [0.05, 0.1) is 0 Å². The van der Waals surface area contributed by atoms with Crippen LogP contribution in [0.3, 0.4) is 0 Å². The maximum atomic E-state index is 11.9. The molecule has 0 saturated carbocycles. The summed E-state index contributed by atoms with van der Waals surface area (Å²) in [5.41, 5.74) is 4.94. The number of pyridine rings is 1. The zero-order valence-electron chi connectivity index (χ0n) is 13.1. The molecule has 1 aromatic carbocycles. The molecule has 0 unspecified atom stereocenters. The van der Waals surface area contributed by atoms with Crippen LogP contribution < -0.4 is 5.32 Å². The number of nitrogens with one attached hydrogen (secondary N) is 1. The summed E-state index contributed by atoms with van der Waals surface area (Å²) >= 11 is 0. The van der Waals surface area contributed by atoms with Crippen molar-refractivity contribution < 1.29 is 4.79 Å². The second-order valence-electron chi connectivity index (χ2n) is 5.46. The Morgan fingerprint density at radius 3 is 2.59 bits per heavy atom. The van der Waals surface area contributed by atoms with Crippen LogP contribution in [-0.4, -0.2) is 15.3 Å². The van der Waals surface area contributed by atoms with E-state index in [0.29, 0.717) is 6.42 Å². The molecular weight excluding hydrogens is 274 g/mol. The summed E-state index contributed by atoms with van der Waals surface area (Å²) < 4.78 is 1.94. The Bertz CT molecular complexity index is 831. The first-order valence-corrected chi connectivity index (χ1v) is 7.44. The maximum absolute atomic E-state index is 11.9. The molecule has 0 atom stereocenters. The van der Waals surface area contributed by atoms with Gasteiger partial charge in [-0.05, 0) is 25.5 Å². The summed E-state index contributed by atoms with van der Waals surface area (Å²) in [6.45, 7) is 5.92. The SMILES string of the molecule is CCC(=O)Nc1c(-c2ccc(C)cc2)nc2c(C)cccn12. The summed E-state index contributed by atoms with van der Waals surface area (Å²) in [4.78, 5) is 16.6. The first-order chi connectivity index (χ1) is 10.6. The first-order valence-electron chi connectivity index (χ1n) is 7.44. The molecule has 1 N–H and O–H groups in total. The molecule has 0 spiro atoms. The van der Waals surface area contributed by atoms with E-state index < -0.39 is 0 Å². The van der Waals surface area contributed by atoms with Crippen molar-refractivity contribution in [2.24, 2.45) is 0 Å². The number of fused-ring (bicyclic) bond motifs is 1. The number of aryl methyl sites for hydroxylation is 2. The lowest BCUT2D eigenvalue weighted by Gasteiger charge is -2.07. The largest absolute Gasteiger partial charge is 0.310 e. The van der Waals surface area contributed by atoms with Crippen LogP contribution in [0.1, 0.15) is 24.5 Å². The Morgan fingerprint density at radius 1 is 1.18 bits per heavy atom. The number of anilines is 1. The van der Waals surface area contributed by atoms with Crippen LogP contribution in [0.2, 0.25) is 0 Å². The molecule has 3 rings (SSSR count). The third-order valence-electron chi connectivity index (χ3n) is 3.75. The number of hydrogen-bond acceptors (Lipinski definition) is 2. The molecule has 112 valence electrons. The van der Waals surface area contributed by atoms with E-state index in [1.807, 2.05) is 48.7 Å². The van der Waals surface area contributed by atoms with Gasteiger partial charge in [-0.15, -0.1) is 0 Å². The zero-order valence-corrected chi connectivity index (χ0v) is 13.1. The average Bonchev–Trinajstić information content (AvgIpc) is 2.88. The van der Waals surface area contributed by atoms with Gasteiger partial charge < -0.3 is 5.32 Å². The molecule has 0 fully saturated rings. The monoisotopic (exact) mass is 293 g/mol. The van der Waals surface area contributed by atoms with Crippen molar-refractivity contribution in [1.29, 1.82) is 0 Å². The van der Waals surface area contributed by atoms with E-state index in [0.717, 1.165) is 28.3 Å². The van der Waals surface area contributed by atoms with E-state index in [1.54, 1.807) is 0 Å². The highest BCUT2D eigenvalue weighted by atomic mass is 16.1. The molecule has 22 heavy (non-hydrogen) atoms. The van der Waals surface area contributed by atoms with Crippen LogP contribution in [0.15, 0.2) is 42.6 Å². The van der Waals surface area contributed by atoms with Crippen LogP contribution in [-0.2, 0) is 4.79 Å². The highest BCUT2D eigenvalue weighted by Crippen LogP contribution is 2.30. The van der Waals surface area contributed by atoms with Gasteiger partial charge in [-0.3, -0.25) is 9.20 Å². The van der Waals surface area contributed by atoms with Crippen LogP contribution in [0.5, 0.6) is 0 Å². The molecule has 0 radical (unpaired) electrons. The topological polar surface area (TPSA) is 46.4 Å². The molecule has 0 aliphatic rings. The lowest BCUT2D eigenvalue weighted by Crippen LogP contribution is -2.12. The molecule has 2 aromatic heterocycles. The number of aromatic nitrogens is 2. The molecule has 0 saturated heterocycles. The van der Waals surface area contributed by atoms with Gasteiger partial charge in [0, 0.05) is 18.2 Å². The van der Waals surface area contributed by atoms with Gasteiger partial charge in [0.1, 0.15) is 17.2 Å². The van der Waals surface area contributed by atoms with Crippen molar-refractivity contribution in [3.8, 4) is 11.3 Å². The maximum Gasteiger partial charge on any atom is 0.225 e. The Hall–Kier alpha value is -2.62. The quantitative estimate of drug-likeness (QED) is 0.794. The molecule has 4 nitrogen and oxygen atoms in total. The Labute approximate surface area is 129 Å². The normalized spacial score (nSPS) is 10.9. The smallest absolute Gasteiger partial charge is 0.225 e. The first kappa shape index (κ1) is 14.3. The van der Waals surface area contributed by atoms with Gasteiger partial charge in [0.2, 0.25) is 5.91 Å². The minimum Gasteiger partial charge on any atom is -0.310 e. The lowest BCUT2D eigenvalue weighted by molar-refractivity contribution is -0.115. The van der Waals surface area contributed by atoms with Gasteiger partial charge in [-0.1, -0.05) is 42.8 Å². The molecule has 4 heteroatoms. The molecular formula is C18H19N3O. The summed E-state index contributed by atoms with van der Waals surface area (Å²) in [6, 6.07) is 12.2. The number of amides is 1. The third kappa shape index (κ3) is 2.48. The fraction of sp³-hybridized carbons (Fsp3) is 0.222. The number of rotatable bonds is 3. The van der Waals surface area contributed by atoms with Crippen molar-refractivity contribution in [3.05, 3.63) is 53.7 Å².